The van der Waals surface area contributed by atoms with Gasteiger partial charge in [0.25, 0.3) is 0 Å². The highest BCUT2D eigenvalue weighted by molar-refractivity contribution is 6.43. The van der Waals surface area contributed by atoms with E-state index in [1.165, 1.54) is 0 Å². The summed E-state index contributed by atoms with van der Waals surface area (Å²) in [5, 5.41) is 0.789. The van der Waals surface area contributed by atoms with Crippen LogP contribution in [0.15, 0.2) is 30.6 Å². The monoisotopic (exact) mass is 274 g/mol. The zero-order chi connectivity index (χ0) is 11.5. The fraction of sp³-hybridized carbons (Fsp3) is 0.182. The third kappa shape index (κ3) is 2.51. The van der Waals surface area contributed by atoms with E-state index >= 15 is 0 Å². The molecule has 1 aromatic carbocycles. The molecular weight excluding hydrogens is 266 g/mol. The van der Waals surface area contributed by atoms with Crippen LogP contribution in [0.25, 0.3) is 0 Å². The summed E-state index contributed by atoms with van der Waals surface area (Å²) < 4.78 is 0. The molecule has 84 valence electrons. The van der Waals surface area contributed by atoms with E-state index in [1.807, 2.05) is 12.1 Å². The summed E-state index contributed by atoms with van der Waals surface area (Å²) in [6.07, 6.45) is 4.05. The van der Waals surface area contributed by atoms with Gasteiger partial charge in [0.15, 0.2) is 0 Å². The third-order valence-corrected chi connectivity index (χ3v) is 3.47. The Hall–Kier alpha value is -0.700. The SMILES string of the molecule is Clc1cccc(C(Cl)Cc2ncc[nH]2)c1Cl. The minimum absolute atomic E-state index is 0.239. The number of nitrogens with zero attached hydrogens (tertiary/aromatic N) is 1. The number of aromatic nitrogens is 2. The van der Waals surface area contributed by atoms with Gasteiger partial charge in [-0.25, -0.2) is 4.98 Å². The van der Waals surface area contributed by atoms with Crippen molar-refractivity contribution in [1.29, 1.82) is 0 Å². The summed E-state index contributed by atoms with van der Waals surface area (Å²) in [5.41, 5.74) is 0.826. The zero-order valence-electron chi connectivity index (χ0n) is 8.25. The van der Waals surface area contributed by atoms with E-state index in [9.17, 15) is 0 Å². The molecule has 0 saturated carbocycles. The van der Waals surface area contributed by atoms with Crippen LogP contribution in [-0.2, 0) is 6.42 Å². The molecule has 2 aromatic rings. The molecule has 0 aliphatic rings. The number of hydrogen-bond donors (Lipinski definition) is 1. The van der Waals surface area contributed by atoms with Crippen LogP contribution in [0.4, 0.5) is 0 Å². The highest BCUT2D eigenvalue weighted by atomic mass is 35.5. The van der Waals surface area contributed by atoms with Gasteiger partial charge in [0.05, 0.1) is 15.4 Å². The number of hydrogen-bond acceptors (Lipinski definition) is 1. The molecular formula is C11H9Cl3N2. The van der Waals surface area contributed by atoms with Crippen LogP contribution in [0.1, 0.15) is 16.8 Å². The van der Waals surface area contributed by atoms with Gasteiger partial charge in [0.1, 0.15) is 5.82 Å². The Kier molecular flexibility index (Phi) is 3.74. The quantitative estimate of drug-likeness (QED) is 0.834. The van der Waals surface area contributed by atoms with Crippen molar-refractivity contribution >= 4 is 34.8 Å². The van der Waals surface area contributed by atoms with Gasteiger partial charge in [0.2, 0.25) is 0 Å². The number of aromatic amines is 1. The van der Waals surface area contributed by atoms with Crippen molar-refractivity contribution in [2.75, 3.05) is 0 Å². The maximum Gasteiger partial charge on any atom is 0.107 e. The van der Waals surface area contributed by atoms with Crippen molar-refractivity contribution in [3.63, 3.8) is 0 Å². The average molecular weight is 276 g/mol. The predicted octanol–water partition coefficient (Wildman–Crippen LogP) is 4.24. The van der Waals surface area contributed by atoms with E-state index in [-0.39, 0.29) is 5.38 Å². The van der Waals surface area contributed by atoms with Crippen LogP contribution >= 0.6 is 34.8 Å². The molecule has 2 rings (SSSR count). The standard InChI is InChI=1S/C11H9Cl3N2/c12-8-3-1-2-7(11(8)14)9(13)6-10-15-4-5-16-10/h1-5,9H,6H2,(H,15,16). The Labute approximate surface area is 109 Å². The van der Waals surface area contributed by atoms with Crippen LogP contribution in [0.2, 0.25) is 10.0 Å². The number of H-pyrrole nitrogens is 1. The van der Waals surface area contributed by atoms with Gasteiger partial charge in [-0.05, 0) is 11.6 Å². The maximum absolute atomic E-state index is 6.27. The van der Waals surface area contributed by atoms with Crippen LogP contribution in [0, 0.1) is 0 Å². The topological polar surface area (TPSA) is 28.7 Å². The first-order valence-corrected chi connectivity index (χ1v) is 5.94. The first-order valence-electron chi connectivity index (χ1n) is 4.74. The fourth-order valence-electron chi connectivity index (χ4n) is 1.45. The van der Waals surface area contributed by atoms with E-state index < -0.39 is 0 Å². The molecule has 0 bridgehead atoms. The second-order valence-electron chi connectivity index (χ2n) is 3.35. The molecule has 1 aromatic heterocycles. The summed E-state index contributed by atoms with van der Waals surface area (Å²) in [5.74, 6) is 0.830. The molecule has 0 saturated heterocycles. The number of imidazole rings is 1. The number of halogens is 3. The van der Waals surface area contributed by atoms with E-state index in [0.29, 0.717) is 16.5 Å². The minimum Gasteiger partial charge on any atom is -0.349 e. The molecule has 1 atom stereocenters. The molecule has 0 radical (unpaired) electrons. The van der Waals surface area contributed by atoms with Gasteiger partial charge in [-0.2, -0.15) is 0 Å². The molecule has 0 spiro atoms. The number of benzene rings is 1. The minimum atomic E-state index is -0.239. The first-order chi connectivity index (χ1) is 7.68. The molecule has 2 nitrogen and oxygen atoms in total. The van der Waals surface area contributed by atoms with E-state index in [2.05, 4.69) is 9.97 Å². The van der Waals surface area contributed by atoms with Crippen LogP contribution in [0.5, 0.6) is 0 Å². The van der Waals surface area contributed by atoms with Gasteiger partial charge >= 0.3 is 0 Å². The van der Waals surface area contributed by atoms with E-state index in [1.54, 1.807) is 18.5 Å². The fourth-order valence-corrected chi connectivity index (χ4v) is 2.28. The van der Waals surface area contributed by atoms with Crippen molar-refractivity contribution in [2.24, 2.45) is 0 Å². The Morgan fingerprint density at radius 2 is 2.12 bits per heavy atom. The van der Waals surface area contributed by atoms with Gasteiger partial charge in [-0.3, -0.25) is 0 Å². The molecule has 1 heterocycles. The second-order valence-corrected chi connectivity index (χ2v) is 4.66. The zero-order valence-corrected chi connectivity index (χ0v) is 10.5. The second kappa shape index (κ2) is 5.09. The van der Waals surface area contributed by atoms with Crippen molar-refractivity contribution in [3.8, 4) is 0 Å². The van der Waals surface area contributed by atoms with E-state index in [4.69, 9.17) is 34.8 Å². The van der Waals surface area contributed by atoms with Crippen molar-refractivity contribution in [1.82, 2.24) is 9.97 Å². The van der Waals surface area contributed by atoms with E-state index in [0.717, 1.165) is 11.4 Å². The number of nitrogens with one attached hydrogen (secondary N) is 1. The van der Waals surface area contributed by atoms with Gasteiger partial charge in [-0.15, -0.1) is 11.6 Å². The predicted molar refractivity (Wildman–Crippen MR) is 67.3 cm³/mol. The maximum atomic E-state index is 6.27. The average Bonchev–Trinajstić information content (AvgIpc) is 2.74. The van der Waals surface area contributed by atoms with Crippen LogP contribution < -0.4 is 0 Å². The molecule has 0 aliphatic heterocycles. The molecule has 0 fully saturated rings. The van der Waals surface area contributed by atoms with Crippen LogP contribution in [0.3, 0.4) is 0 Å². The molecule has 16 heavy (non-hydrogen) atoms. The van der Waals surface area contributed by atoms with Crippen molar-refractivity contribution < 1.29 is 0 Å². The van der Waals surface area contributed by atoms with Crippen molar-refractivity contribution in [3.05, 3.63) is 52.0 Å². The lowest BCUT2D eigenvalue weighted by Crippen LogP contribution is -1.98. The smallest absolute Gasteiger partial charge is 0.107 e. The Morgan fingerprint density at radius 3 is 2.81 bits per heavy atom. The van der Waals surface area contributed by atoms with Gasteiger partial charge < -0.3 is 4.98 Å². The lowest BCUT2D eigenvalue weighted by molar-refractivity contribution is 0.855. The summed E-state index contributed by atoms with van der Waals surface area (Å²) in [6, 6.07) is 5.44. The van der Waals surface area contributed by atoms with Gasteiger partial charge in [-0.1, -0.05) is 35.3 Å². The van der Waals surface area contributed by atoms with Crippen LogP contribution in [-0.4, -0.2) is 9.97 Å². The number of rotatable bonds is 3. The molecule has 1 unspecified atom stereocenters. The summed E-state index contributed by atoms with van der Waals surface area (Å²) in [6.45, 7) is 0. The van der Waals surface area contributed by atoms with Gasteiger partial charge in [0, 0.05) is 18.8 Å². The Balaban J connectivity index is 2.21. The summed E-state index contributed by atoms with van der Waals surface area (Å²) >= 11 is 18.3. The molecule has 5 heteroatoms. The molecule has 1 N–H and O–H groups in total. The normalized spacial score (nSPS) is 12.7. The first kappa shape index (κ1) is 11.8. The summed E-state index contributed by atoms with van der Waals surface area (Å²) in [4.78, 5) is 7.12. The lowest BCUT2D eigenvalue weighted by atomic mass is 10.1. The van der Waals surface area contributed by atoms with Crippen molar-refractivity contribution in [2.45, 2.75) is 11.8 Å². The lowest BCUT2D eigenvalue weighted by Gasteiger charge is -2.11. The highest BCUT2D eigenvalue weighted by Crippen LogP contribution is 2.34. The molecule has 0 aliphatic carbocycles. The number of alkyl halides is 1. The largest absolute Gasteiger partial charge is 0.349 e. The third-order valence-electron chi connectivity index (χ3n) is 2.25. The Morgan fingerprint density at radius 1 is 1.31 bits per heavy atom. The Bertz CT molecular complexity index is 468. The highest BCUT2D eigenvalue weighted by Gasteiger charge is 2.15. The molecule has 0 amide bonds. The summed E-state index contributed by atoms with van der Waals surface area (Å²) in [7, 11) is 0.